The minimum Gasteiger partial charge on any atom is -0.489 e. The molecule has 3 aromatic carbocycles. The number of rotatable bonds is 9. The van der Waals surface area contributed by atoms with E-state index in [1.807, 2.05) is 36.4 Å². The molecule has 3 rings (SSSR count). The van der Waals surface area contributed by atoms with Gasteiger partial charge in [0, 0.05) is 17.6 Å². The van der Waals surface area contributed by atoms with Gasteiger partial charge in [0.15, 0.2) is 0 Å². The number of aryl methyl sites for hydroxylation is 1. The standard InChI is InChI=1S/C24H26ClNO.ClH/c1-19(10-11-20-6-3-2-4-7-20)26-17-22-8-5-9-24(16-22)27-18-21-12-14-23(25)15-13-21;/h2-9,12-16,19,26H,10-11,17-18H2,1H3;1H. The van der Waals surface area contributed by atoms with Crippen LogP contribution in [0.25, 0.3) is 0 Å². The summed E-state index contributed by atoms with van der Waals surface area (Å²) >= 11 is 5.92. The zero-order valence-electron chi connectivity index (χ0n) is 16.1. The normalized spacial score (nSPS) is 11.5. The molecular weight excluding hydrogens is 389 g/mol. The molecule has 0 saturated carbocycles. The maximum atomic E-state index is 5.92. The fourth-order valence-corrected chi connectivity index (χ4v) is 3.04. The van der Waals surface area contributed by atoms with Crippen molar-refractivity contribution in [1.29, 1.82) is 0 Å². The van der Waals surface area contributed by atoms with Crippen LogP contribution in [0.15, 0.2) is 78.9 Å². The van der Waals surface area contributed by atoms with Gasteiger partial charge in [-0.3, -0.25) is 0 Å². The van der Waals surface area contributed by atoms with Crippen molar-refractivity contribution in [2.75, 3.05) is 0 Å². The van der Waals surface area contributed by atoms with Gasteiger partial charge in [0.2, 0.25) is 0 Å². The Hall–Kier alpha value is -2.00. The van der Waals surface area contributed by atoms with Crippen LogP contribution in [-0.4, -0.2) is 6.04 Å². The summed E-state index contributed by atoms with van der Waals surface area (Å²) in [5, 5.41) is 4.35. The first-order valence-electron chi connectivity index (χ1n) is 9.42. The van der Waals surface area contributed by atoms with Gasteiger partial charge in [-0.15, -0.1) is 12.4 Å². The topological polar surface area (TPSA) is 21.3 Å². The Labute approximate surface area is 179 Å². The molecule has 0 heterocycles. The highest BCUT2D eigenvalue weighted by atomic mass is 35.5. The van der Waals surface area contributed by atoms with E-state index in [0.717, 1.165) is 35.7 Å². The number of ether oxygens (including phenoxy) is 1. The number of hydrogen-bond acceptors (Lipinski definition) is 2. The van der Waals surface area contributed by atoms with Crippen LogP contribution in [0.2, 0.25) is 5.02 Å². The summed E-state index contributed by atoms with van der Waals surface area (Å²) in [6.45, 7) is 3.62. The van der Waals surface area contributed by atoms with Gasteiger partial charge >= 0.3 is 0 Å². The van der Waals surface area contributed by atoms with Crippen molar-refractivity contribution in [2.24, 2.45) is 0 Å². The minimum atomic E-state index is 0. The predicted molar refractivity (Wildman–Crippen MR) is 121 cm³/mol. The Morgan fingerprint density at radius 2 is 1.57 bits per heavy atom. The van der Waals surface area contributed by atoms with Crippen molar-refractivity contribution < 1.29 is 4.74 Å². The van der Waals surface area contributed by atoms with Crippen LogP contribution in [0, 0.1) is 0 Å². The Morgan fingerprint density at radius 1 is 0.857 bits per heavy atom. The van der Waals surface area contributed by atoms with Gasteiger partial charge in [-0.2, -0.15) is 0 Å². The van der Waals surface area contributed by atoms with Gasteiger partial charge in [-0.1, -0.05) is 66.2 Å². The van der Waals surface area contributed by atoms with Crippen LogP contribution in [0.5, 0.6) is 5.75 Å². The quantitative estimate of drug-likeness (QED) is 0.433. The summed E-state index contributed by atoms with van der Waals surface area (Å²) in [6, 6.07) is 27.1. The van der Waals surface area contributed by atoms with Gasteiger partial charge in [0.1, 0.15) is 12.4 Å². The third-order valence-corrected chi connectivity index (χ3v) is 4.83. The van der Waals surface area contributed by atoms with E-state index in [1.54, 1.807) is 0 Å². The van der Waals surface area contributed by atoms with Crippen LogP contribution in [-0.2, 0) is 19.6 Å². The van der Waals surface area contributed by atoms with E-state index in [1.165, 1.54) is 11.1 Å². The molecule has 3 aromatic rings. The Kier molecular flexibility index (Phi) is 9.36. The van der Waals surface area contributed by atoms with Crippen molar-refractivity contribution in [2.45, 2.75) is 39.0 Å². The molecule has 0 spiro atoms. The summed E-state index contributed by atoms with van der Waals surface area (Å²) in [5.41, 5.74) is 3.73. The summed E-state index contributed by atoms with van der Waals surface area (Å²) < 4.78 is 5.91. The molecule has 4 heteroatoms. The van der Waals surface area contributed by atoms with Crippen LogP contribution in [0.3, 0.4) is 0 Å². The second kappa shape index (κ2) is 11.8. The lowest BCUT2D eigenvalue weighted by molar-refractivity contribution is 0.306. The van der Waals surface area contributed by atoms with Crippen LogP contribution < -0.4 is 10.1 Å². The lowest BCUT2D eigenvalue weighted by atomic mass is 10.1. The number of hydrogen-bond donors (Lipinski definition) is 1. The van der Waals surface area contributed by atoms with E-state index < -0.39 is 0 Å². The molecule has 0 bridgehead atoms. The Balaban J connectivity index is 0.00000280. The van der Waals surface area contributed by atoms with Gasteiger partial charge < -0.3 is 10.1 Å². The molecule has 1 unspecified atom stereocenters. The molecule has 0 amide bonds. The van der Waals surface area contributed by atoms with Gasteiger partial charge in [0.25, 0.3) is 0 Å². The van der Waals surface area contributed by atoms with E-state index in [0.29, 0.717) is 12.6 Å². The highest BCUT2D eigenvalue weighted by Gasteiger charge is 2.04. The molecule has 1 N–H and O–H groups in total. The van der Waals surface area contributed by atoms with E-state index in [-0.39, 0.29) is 12.4 Å². The minimum absolute atomic E-state index is 0. The van der Waals surface area contributed by atoms with Crippen LogP contribution in [0.4, 0.5) is 0 Å². The summed E-state index contributed by atoms with van der Waals surface area (Å²) in [4.78, 5) is 0. The molecule has 0 aliphatic heterocycles. The zero-order valence-corrected chi connectivity index (χ0v) is 17.7. The molecule has 2 nitrogen and oxygen atoms in total. The lowest BCUT2D eigenvalue weighted by Crippen LogP contribution is -2.25. The Morgan fingerprint density at radius 3 is 2.32 bits per heavy atom. The third kappa shape index (κ3) is 7.55. The Bertz CT molecular complexity index is 822. The molecule has 0 aromatic heterocycles. The molecule has 1 atom stereocenters. The van der Waals surface area contributed by atoms with Gasteiger partial charge in [0.05, 0.1) is 0 Å². The molecule has 0 aliphatic rings. The molecule has 0 aliphatic carbocycles. The van der Waals surface area contributed by atoms with Crippen molar-refractivity contribution in [3.05, 3.63) is 101 Å². The maximum absolute atomic E-state index is 5.92. The fourth-order valence-electron chi connectivity index (χ4n) is 2.91. The average Bonchev–Trinajstić information content (AvgIpc) is 2.71. The molecule has 0 radical (unpaired) electrons. The summed E-state index contributed by atoms with van der Waals surface area (Å²) in [6.07, 6.45) is 2.22. The largest absolute Gasteiger partial charge is 0.489 e. The number of benzene rings is 3. The van der Waals surface area contributed by atoms with E-state index in [2.05, 4.69) is 54.7 Å². The van der Waals surface area contributed by atoms with Crippen molar-refractivity contribution in [3.8, 4) is 5.75 Å². The number of nitrogens with one attached hydrogen (secondary N) is 1. The predicted octanol–water partition coefficient (Wildman–Crippen LogP) is 6.45. The second-order valence-electron chi connectivity index (χ2n) is 6.87. The molecule has 148 valence electrons. The highest BCUT2D eigenvalue weighted by Crippen LogP contribution is 2.17. The molecule has 0 fully saturated rings. The maximum Gasteiger partial charge on any atom is 0.120 e. The van der Waals surface area contributed by atoms with Gasteiger partial charge in [-0.25, -0.2) is 0 Å². The average molecular weight is 416 g/mol. The summed E-state index contributed by atoms with van der Waals surface area (Å²) in [5.74, 6) is 0.890. The van der Waals surface area contributed by atoms with E-state index in [9.17, 15) is 0 Å². The third-order valence-electron chi connectivity index (χ3n) is 4.58. The first-order chi connectivity index (χ1) is 13.2. The monoisotopic (exact) mass is 415 g/mol. The number of halogens is 2. The first kappa shape index (κ1) is 22.3. The fraction of sp³-hybridized carbons (Fsp3) is 0.250. The van der Waals surface area contributed by atoms with Gasteiger partial charge in [-0.05, 0) is 60.7 Å². The van der Waals surface area contributed by atoms with E-state index in [4.69, 9.17) is 16.3 Å². The molecule has 0 saturated heterocycles. The van der Waals surface area contributed by atoms with Crippen LogP contribution in [0.1, 0.15) is 30.0 Å². The lowest BCUT2D eigenvalue weighted by Gasteiger charge is -2.14. The van der Waals surface area contributed by atoms with Crippen molar-refractivity contribution in [3.63, 3.8) is 0 Å². The summed E-state index contributed by atoms with van der Waals surface area (Å²) in [7, 11) is 0. The first-order valence-corrected chi connectivity index (χ1v) is 9.80. The molecular formula is C24H27Cl2NO. The second-order valence-corrected chi connectivity index (χ2v) is 7.31. The van der Waals surface area contributed by atoms with Crippen molar-refractivity contribution in [1.82, 2.24) is 5.32 Å². The van der Waals surface area contributed by atoms with Crippen LogP contribution >= 0.6 is 24.0 Å². The molecule has 28 heavy (non-hydrogen) atoms. The van der Waals surface area contributed by atoms with E-state index >= 15 is 0 Å². The SMILES string of the molecule is CC(CCc1ccccc1)NCc1cccc(OCc2ccc(Cl)cc2)c1.Cl. The smallest absolute Gasteiger partial charge is 0.120 e. The zero-order chi connectivity index (χ0) is 18.9. The highest BCUT2D eigenvalue weighted by molar-refractivity contribution is 6.30. The van der Waals surface area contributed by atoms with Crippen molar-refractivity contribution >= 4 is 24.0 Å².